The van der Waals surface area contributed by atoms with E-state index in [1.807, 2.05) is 29.4 Å². The number of aliphatic carboxylic acids is 1. The number of cyclic esters (lactones) is 1. The first-order valence-corrected chi connectivity index (χ1v) is 11.4. The molecule has 1 aliphatic carbocycles. The van der Waals surface area contributed by atoms with Crippen LogP contribution in [0, 0.1) is 11.8 Å². The fourth-order valence-electron chi connectivity index (χ4n) is 5.31. The van der Waals surface area contributed by atoms with Crippen LogP contribution in [-0.2, 0) is 9.53 Å². The summed E-state index contributed by atoms with van der Waals surface area (Å²) in [6.07, 6.45) is 12.2. The molecule has 1 N–H and O–H groups in total. The molecule has 1 saturated carbocycles. The molecule has 0 radical (unpaired) electrons. The van der Waals surface area contributed by atoms with Gasteiger partial charge in [0, 0.05) is 37.2 Å². The summed E-state index contributed by atoms with van der Waals surface area (Å²) in [5, 5.41) is 9.12. The molecule has 0 spiro atoms. The maximum Gasteiger partial charge on any atom is 0.410 e. The standard InChI is InChI=1S/C23H33N3O4/c27-22(28)18-6-4-17(5-7-18)2-1-3-21-16-26(23(29)30-21)20-10-14-25(15-11-20)19-8-12-24-13-9-19/h8-9,12-13,17-18,20-21H,1-7,10-11,14-16H2,(H,27,28). The van der Waals surface area contributed by atoms with Gasteiger partial charge in [-0.25, -0.2) is 4.79 Å². The zero-order valence-electron chi connectivity index (χ0n) is 17.6. The minimum Gasteiger partial charge on any atom is -0.481 e. The van der Waals surface area contributed by atoms with Gasteiger partial charge in [0.2, 0.25) is 0 Å². The Morgan fingerprint density at radius 3 is 2.43 bits per heavy atom. The van der Waals surface area contributed by atoms with Gasteiger partial charge in [0.1, 0.15) is 6.10 Å². The molecule has 3 aliphatic rings. The van der Waals surface area contributed by atoms with Crippen molar-refractivity contribution in [1.29, 1.82) is 0 Å². The number of nitrogens with zero attached hydrogens (tertiary/aromatic N) is 3. The monoisotopic (exact) mass is 415 g/mol. The molecule has 2 saturated heterocycles. The van der Waals surface area contributed by atoms with Crippen LogP contribution in [0.1, 0.15) is 57.8 Å². The van der Waals surface area contributed by atoms with Crippen LogP contribution in [0.4, 0.5) is 10.5 Å². The Labute approximate surface area is 178 Å². The van der Waals surface area contributed by atoms with Crippen LogP contribution >= 0.6 is 0 Å². The van der Waals surface area contributed by atoms with Crippen LogP contribution in [0.3, 0.4) is 0 Å². The van der Waals surface area contributed by atoms with Crippen LogP contribution < -0.4 is 4.90 Å². The van der Waals surface area contributed by atoms with Crippen molar-refractivity contribution in [1.82, 2.24) is 9.88 Å². The summed E-state index contributed by atoms with van der Waals surface area (Å²) in [5.41, 5.74) is 1.20. The number of ether oxygens (including phenoxy) is 1. The molecule has 3 fully saturated rings. The first kappa shape index (κ1) is 20.9. The molecule has 2 aliphatic heterocycles. The van der Waals surface area contributed by atoms with Crippen molar-refractivity contribution in [3.05, 3.63) is 24.5 Å². The predicted molar refractivity (Wildman–Crippen MR) is 113 cm³/mol. The Kier molecular flexibility index (Phi) is 6.75. The zero-order chi connectivity index (χ0) is 20.9. The Morgan fingerprint density at radius 1 is 1.07 bits per heavy atom. The minimum atomic E-state index is -0.641. The zero-order valence-corrected chi connectivity index (χ0v) is 17.6. The number of carboxylic acid groups (broad SMARTS) is 1. The van der Waals surface area contributed by atoms with Crippen molar-refractivity contribution in [3.63, 3.8) is 0 Å². The average molecular weight is 416 g/mol. The summed E-state index contributed by atoms with van der Waals surface area (Å²) >= 11 is 0. The highest BCUT2D eigenvalue weighted by Crippen LogP contribution is 2.33. The highest BCUT2D eigenvalue weighted by atomic mass is 16.6. The molecule has 1 aromatic rings. The number of carbonyl (C=O) groups is 2. The molecule has 1 atom stereocenters. The lowest BCUT2D eigenvalue weighted by atomic mass is 9.80. The number of carboxylic acids is 1. The molecule has 30 heavy (non-hydrogen) atoms. The van der Waals surface area contributed by atoms with Gasteiger partial charge in [-0.05, 0) is 69.4 Å². The van der Waals surface area contributed by atoms with Crippen LogP contribution in [0.5, 0.6) is 0 Å². The number of rotatable bonds is 7. The van der Waals surface area contributed by atoms with E-state index in [2.05, 4.69) is 9.88 Å². The first-order valence-electron chi connectivity index (χ1n) is 11.4. The first-order chi connectivity index (χ1) is 14.6. The molecular weight excluding hydrogens is 382 g/mol. The van der Waals surface area contributed by atoms with Crippen molar-refractivity contribution in [2.45, 2.75) is 69.9 Å². The topological polar surface area (TPSA) is 83.0 Å². The summed E-state index contributed by atoms with van der Waals surface area (Å²) in [7, 11) is 0. The third kappa shape index (κ3) is 5.05. The predicted octanol–water partition coefficient (Wildman–Crippen LogP) is 3.93. The highest BCUT2D eigenvalue weighted by Gasteiger charge is 2.37. The number of piperidine rings is 1. The molecule has 0 aromatic carbocycles. The maximum atomic E-state index is 12.4. The van der Waals surface area contributed by atoms with Gasteiger partial charge in [0.25, 0.3) is 0 Å². The van der Waals surface area contributed by atoms with Crippen LogP contribution in [0.2, 0.25) is 0 Å². The number of amides is 1. The largest absolute Gasteiger partial charge is 0.481 e. The molecule has 0 bridgehead atoms. The van der Waals surface area contributed by atoms with Gasteiger partial charge in [-0.1, -0.05) is 6.42 Å². The summed E-state index contributed by atoms with van der Waals surface area (Å²) in [6, 6.07) is 4.34. The highest BCUT2D eigenvalue weighted by molar-refractivity contribution is 5.70. The molecule has 164 valence electrons. The molecule has 1 aromatic heterocycles. The molecule has 1 unspecified atom stereocenters. The lowest BCUT2D eigenvalue weighted by Crippen LogP contribution is -2.45. The van der Waals surface area contributed by atoms with E-state index in [1.165, 1.54) is 5.69 Å². The SMILES string of the molecule is O=C(O)C1CCC(CCCC2CN(C3CCN(c4ccncc4)CC3)C(=O)O2)CC1. The quantitative estimate of drug-likeness (QED) is 0.726. The Hall–Kier alpha value is -2.31. The van der Waals surface area contributed by atoms with Gasteiger partial charge in [-0.15, -0.1) is 0 Å². The summed E-state index contributed by atoms with van der Waals surface area (Å²) < 4.78 is 5.66. The van der Waals surface area contributed by atoms with Crippen molar-refractivity contribution in [2.75, 3.05) is 24.5 Å². The van der Waals surface area contributed by atoms with E-state index in [4.69, 9.17) is 9.84 Å². The van der Waals surface area contributed by atoms with Crippen LogP contribution in [-0.4, -0.2) is 58.8 Å². The second-order valence-electron chi connectivity index (χ2n) is 9.07. The van der Waals surface area contributed by atoms with Gasteiger partial charge in [-0.3, -0.25) is 9.78 Å². The number of carbonyl (C=O) groups excluding carboxylic acids is 1. The second-order valence-corrected chi connectivity index (χ2v) is 9.07. The molecule has 7 nitrogen and oxygen atoms in total. The smallest absolute Gasteiger partial charge is 0.410 e. The summed E-state index contributed by atoms with van der Waals surface area (Å²) in [5.74, 6) is -0.153. The number of aromatic nitrogens is 1. The maximum absolute atomic E-state index is 12.4. The van der Waals surface area contributed by atoms with E-state index < -0.39 is 5.97 Å². The van der Waals surface area contributed by atoms with Gasteiger partial charge in [0.05, 0.1) is 12.5 Å². The van der Waals surface area contributed by atoms with E-state index >= 15 is 0 Å². The minimum absolute atomic E-state index is 0.00564. The number of anilines is 1. The third-order valence-corrected chi connectivity index (χ3v) is 7.17. The molecule has 7 heteroatoms. The van der Waals surface area contributed by atoms with E-state index in [0.29, 0.717) is 12.5 Å². The van der Waals surface area contributed by atoms with Crippen molar-refractivity contribution >= 4 is 17.7 Å². The molecule has 3 heterocycles. The number of hydrogen-bond donors (Lipinski definition) is 1. The fraction of sp³-hybridized carbons (Fsp3) is 0.696. The van der Waals surface area contributed by atoms with Gasteiger partial charge in [0.15, 0.2) is 0 Å². The Morgan fingerprint density at radius 2 is 1.77 bits per heavy atom. The Bertz CT molecular complexity index is 712. The van der Waals surface area contributed by atoms with Gasteiger partial charge < -0.3 is 19.6 Å². The van der Waals surface area contributed by atoms with Gasteiger partial charge in [-0.2, -0.15) is 0 Å². The normalized spacial score (nSPS) is 27.9. The fourth-order valence-corrected chi connectivity index (χ4v) is 5.31. The lowest BCUT2D eigenvalue weighted by molar-refractivity contribution is -0.143. The molecular formula is C23H33N3O4. The van der Waals surface area contributed by atoms with Crippen molar-refractivity contribution in [2.24, 2.45) is 11.8 Å². The third-order valence-electron chi connectivity index (χ3n) is 7.17. The number of hydrogen-bond acceptors (Lipinski definition) is 5. The van der Waals surface area contributed by atoms with E-state index in [0.717, 1.165) is 70.9 Å². The van der Waals surface area contributed by atoms with Gasteiger partial charge >= 0.3 is 12.1 Å². The van der Waals surface area contributed by atoms with Crippen molar-refractivity contribution in [3.8, 4) is 0 Å². The van der Waals surface area contributed by atoms with E-state index in [9.17, 15) is 9.59 Å². The van der Waals surface area contributed by atoms with Crippen LogP contribution in [0.25, 0.3) is 0 Å². The molecule has 4 rings (SSSR count). The van der Waals surface area contributed by atoms with E-state index in [-0.39, 0.29) is 24.2 Å². The van der Waals surface area contributed by atoms with Crippen LogP contribution in [0.15, 0.2) is 24.5 Å². The average Bonchev–Trinajstić information content (AvgIpc) is 3.15. The molecule has 1 amide bonds. The Balaban J connectivity index is 1.17. The van der Waals surface area contributed by atoms with E-state index in [1.54, 1.807) is 0 Å². The van der Waals surface area contributed by atoms with Crippen molar-refractivity contribution < 1.29 is 19.4 Å². The summed E-state index contributed by atoms with van der Waals surface area (Å²) in [4.78, 5) is 31.9. The number of pyridine rings is 1. The lowest BCUT2D eigenvalue weighted by Gasteiger charge is -2.36. The summed E-state index contributed by atoms with van der Waals surface area (Å²) in [6.45, 7) is 2.61. The second kappa shape index (κ2) is 9.67.